The Labute approximate surface area is 159 Å². The van der Waals surface area contributed by atoms with E-state index in [2.05, 4.69) is 16.0 Å². The molecule has 0 unspecified atom stereocenters. The molecule has 0 saturated carbocycles. The van der Waals surface area contributed by atoms with Crippen molar-refractivity contribution >= 4 is 23.4 Å². The third kappa shape index (κ3) is 6.58. The van der Waals surface area contributed by atoms with Crippen LogP contribution in [0, 0.1) is 6.92 Å². The van der Waals surface area contributed by atoms with Crippen molar-refractivity contribution in [3.63, 3.8) is 0 Å². The van der Waals surface area contributed by atoms with E-state index >= 15 is 0 Å². The molecule has 2 aromatic rings. The Morgan fingerprint density at radius 2 is 1.33 bits per heavy atom. The van der Waals surface area contributed by atoms with Gasteiger partial charge in [0.05, 0.1) is 0 Å². The average Bonchev–Trinajstić information content (AvgIpc) is 2.66. The van der Waals surface area contributed by atoms with Crippen LogP contribution in [-0.2, 0) is 4.79 Å². The molecule has 0 radical (unpaired) electrons. The van der Waals surface area contributed by atoms with Gasteiger partial charge in [-0.2, -0.15) is 0 Å². The summed E-state index contributed by atoms with van der Waals surface area (Å²) < 4.78 is 0. The summed E-state index contributed by atoms with van der Waals surface area (Å²) in [5.74, 6) is -0.438. The maximum absolute atomic E-state index is 12.2. The number of rotatable bonds is 8. The van der Waals surface area contributed by atoms with Gasteiger partial charge in [-0.25, -0.2) is 0 Å². The largest absolute Gasteiger partial charge is 0.354 e. The highest BCUT2D eigenvalue weighted by molar-refractivity contribution is 6.04. The minimum Gasteiger partial charge on any atom is -0.354 e. The van der Waals surface area contributed by atoms with Gasteiger partial charge in [0, 0.05) is 36.3 Å². The first-order chi connectivity index (χ1) is 13.0. The van der Waals surface area contributed by atoms with Crippen molar-refractivity contribution in [2.24, 2.45) is 0 Å². The number of carbonyl (C=O) groups is 3. The van der Waals surface area contributed by atoms with Gasteiger partial charge in [0.2, 0.25) is 5.91 Å². The number of aryl methyl sites for hydroxylation is 1. The second kappa shape index (κ2) is 10.1. The fourth-order valence-electron chi connectivity index (χ4n) is 2.41. The van der Waals surface area contributed by atoms with Gasteiger partial charge >= 0.3 is 0 Å². The highest BCUT2D eigenvalue weighted by Crippen LogP contribution is 2.12. The molecule has 142 valence electrons. The van der Waals surface area contributed by atoms with E-state index < -0.39 is 0 Å². The van der Waals surface area contributed by atoms with Gasteiger partial charge in [-0.05, 0) is 49.7 Å². The van der Waals surface area contributed by atoms with Crippen LogP contribution in [0.1, 0.15) is 46.0 Å². The highest BCUT2D eigenvalue weighted by atomic mass is 16.2. The monoisotopic (exact) mass is 367 g/mol. The average molecular weight is 367 g/mol. The Hall–Kier alpha value is -3.15. The zero-order chi connectivity index (χ0) is 19.6. The molecule has 2 rings (SSSR count). The molecule has 0 heterocycles. The lowest BCUT2D eigenvalue weighted by atomic mass is 10.1. The molecule has 0 aliphatic rings. The SMILES string of the molecule is CCCC(=O)NCCNC(=O)c1ccc(NC(=O)c2ccc(C)cc2)cc1. The lowest BCUT2D eigenvalue weighted by molar-refractivity contribution is -0.121. The summed E-state index contributed by atoms with van der Waals surface area (Å²) in [5.41, 5.74) is 2.77. The number of anilines is 1. The zero-order valence-corrected chi connectivity index (χ0v) is 15.7. The molecular weight excluding hydrogens is 342 g/mol. The van der Waals surface area contributed by atoms with E-state index in [0.717, 1.165) is 12.0 Å². The van der Waals surface area contributed by atoms with Gasteiger partial charge in [-0.1, -0.05) is 24.6 Å². The molecule has 0 fully saturated rings. The van der Waals surface area contributed by atoms with Crippen LogP contribution in [0.15, 0.2) is 48.5 Å². The van der Waals surface area contributed by atoms with E-state index in [9.17, 15) is 14.4 Å². The summed E-state index contributed by atoms with van der Waals surface area (Å²) in [7, 11) is 0. The van der Waals surface area contributed by atoms with E-state index in [1.165, 1.54) is 0 Å². The number of hydrogen-bond acceptors (Lipinski definition) is 3. The molecule has 6 heteroatoms. The molecule has 0 aromatic heterocycles. The molecule has 0 bridgehead atoms. The summed E-state index contributed by atoms with van der Waals surface area (Å²) in [6.45, 7) is 4.66. The Morgan fingerprint density at radius 1 is 0.778 bits per heavy atom. The van der Waals surface area contributed by atoms with Crippen LogP contribution >= 0.6 is 0 Å². The summed E-state index contributed by atoms with van der Waals surface area (Å²) in [6, 6.07) is 14.0. The van der Waals surface area contributed by atoms with E-state index in [1.807, 2.05) is 26.0 Å². The van der Waals surface area contributed by atoms with Crippen molar-refractivity contribution in [1.29, 1.82) is 0 Å². The van der Waals surface area contributed by atoms with E-state index in [-0.39, 0.29) is 17.7 Å². The quantitative estimate of drug-likeness (QED) is 0.627. The Kier molecular flexibility index (Phi) is 7.55. The number of carbonyl (C=O) groups excluding carboxylic acids is 3. The van der Waals surface area contributed by atoms with Gasteiger partial charge in [-0.15, -0.1) is 0 Å². The summed E-state index contributed by atoms with van der Waals surface area (Å²) in [6.07, 6.45) is 1.29. The van der Waals surface area contributed by atoms with Gasteiger partial charge in [0.1, 0.15) is 0 Å². The van der Waals surface area contributed by atoms with Crippen molar-refractivity contribution in [2.45, 2.75) is 26.7 Å². The Bertz CT molecular complexity index is 783. The molecule has 0 spiro atoms. The van der Waals surface area contributed by atoms with E-state index in [1.54, 1.807) is 36.4 Å². The normalized spacial score (nSPS) is 10.1. The number of nitrogens with one attached hydrogen (secondary N) is 3. The Morgan fingerprint density at radius 3 is 1.96 bits per heavy atom. The van der Waals surface area contributed by atoms with Gasteiger partial charge in [0.15, 0.2) is 0 Å². The van der Waals surface area contributed by atoms with Crippen LogP contribution in [0.2, 0.25) is 0 Å². The van der Waals surface area contributed by atoms with E-state index in [0.29, 0.717) is 36.3 Å². The molecule has 0 saturated heterocycles. The van der Waals surface area contributed by atoms with Crippen LogP contribution in [-0.4, -0.2) is 30.8 Å². The minimum absolute atomic E-state index is 0.0135. The van der Waals surface area contributed by atoms with Crippen molar-refractivity contribution < 1.29 is 14.4 Å². The van der Waals surface area contributed by atoms with Crippen LogP contribution in [0.5, 0.6) is 0 Å². The van der Waals surface area contributed by atoms with Crippen LogP contribution in [0.25, 0.3) is 0 Å². The molecule has 0 aliphatic heterocycles. The molecule has 0 aliphatic carbocycles. The molecule has 3 N–H and O–H groups in total. The maximum atomic E-state index is 12.2. The third-order valence-electron chi connectivity index (χ3n) is 3.93. The predicted molar refractivity (Wildman–Crippen MR) is 106 cm³/mol. The zero-order valence-electron chi connectivity index (χ0n) is 15.7. The van der Waals surface area contributed by atoms with Crippen molar-refractivity contribution in [3.8, 4) is 0 Å². The summed E-state index contributed by atoms with van der Waals surface area (Å²) in [4.78, 5) is 35.6. The maximum Gasteiger partial charge on any atom is 0.255 e. The number of amides is 3. The minimum atomic E-state index is -0.226. The fourth-order valence-corrected chi connectivity index (χ4v) is 2.41. The molecule has 6 nitrogen and oxygen atoms in total. The van der Waals surface area contributed by atoms with Crippen molar-refractivity contribution in [2.75, 3.05) is 18.4 Å². The lowest BCUT2D eigenvalue weighted by Gasteiger charge is -2.08. The smallest absolute Gasteiger partial charge is 0.255 e. The van der Waals surface area contributed by atoms with Gasteiger partial charge in [-0.3, -0.25) is 14.4 Å². The fraction of sp³-hybridized carbons (Fsp3) is 0.286. The Balaban J connectivity index is 1.81. The standard InChI is InChI=1S/C21H25N3O3/c1-3-4-19(25)22-13-14-23-20(26)16-9-11-18(12-10-16)24-21(27)17-7-5-15(2)6-8-17/h5-12H,3-4,13-14H2,1-2H3,(H,22,25)(H,23,26)(H,24,27). The number of hydrogen-bond donors (Lipinski definition) is 3. The highest BCUT2D eigenvalue weighted by Gasteiger charge is 2.08. The van der Waals surface area contributed by atoms with Crippen LogP contribution in [0.3, 0.4) is 0 Å². The first kappa shape index (κ1) is 20.2. The van der Waals surface area contributed by atoms with Crippen LogP contribution in [0.4, 0.5) is 5.69 Å². The summed E-state index contributed by atoms with van der Waals surface area (Å²) >= 11 is 0. The third-order valence-corrected chi connectivity index (χ3v) is 3.93. The van der Waals surface area contributed by atoms with Gasteiger partial charge in [0.25, 0.3) is 11.8 Å². The molecule has 2 aromatic carbocycles. The first-order valence-corrected chi connectivity index (χ1v) is 9.02. The van der Waals surface area contributed by atoms with Crippen molar-refractivity contribution in [1.82, 2.24) is 10.6 Å². The van der Waals surface area contributed by atoms with Crippen molar-refractivity contribution in [3.05, 3.63) is 65.2 Å². The second-order valence-corrected chi connectivity index (χ2v) is 6.25. The molecular formula is C21H25N3O3. The second-order valence-electron chi connectivity index (χ2n) is 6.25. The van der Waals surface area contributed by atoms with E-state index in [4.69, 9.17) is 0 Å². The molecule has 27 heavy (non-hydrogen) atoms. The topological polar surface area (TPSA) is 87.3 Å². The van der Waals surface area contributed by atoms with Crippen LogP contribution < -0.4 is 16.0 Å². The number of benzene rings is 2. The molecule has 0 atom stereocenters. The molecule has 3 amide bonds. The van der Waals surface area contributed by atoms with Gasteiger partial charge < -0.3 is 16.0 Å². The first-order valence-electron chi connectivity index (χ1n) is 9.02. The lowest BCUT2D eigenvalue weighted by Crippen LogP contribution is -2.34. The predicted octanol–water partition coefficient (Wildman–Crippen LogP) is 2.89. The summed E-state index contributed by atoms with van der Waals surface area (Å²) in [5, 5.41) is 8.29.